The third kappa shape index (κ3) is 7.40. The van der Waals surface area contributed by atoms with Crippen molar-refractivity contribution in [2.24, 2.45) is 5.92 Å². The topological polar surface area (TPSA) is 126 Å². The Balaban J connectivity index is 1.44. The summed E-state index contributed by atoms with van der Waals surface area (Å²) in [5.41, 5.74) is 0.923. The van der Waals surface area contributed by atoms with Gasteiger partial charge in [0, 0.05) is 27.0 Å². The molecule has 9 nitrogen and oxygen atoms in total. The number of rotatable bonds is 11. The summed E-state index contributed by atoms with van der Waals surface area (Å²) >= 11 is 3.17. The number of hydrogen-bond acceptors (Lipinski definition) is 8. The van der Waals surface area contributed by atoms with Crippen LogP contribution >= 0.6 is 22.7 Å². The molecular weight excluding hydrogens is 581 g/mol. The van der Waals surface area contributed by atoms with Gasteiger partial charge in [-0.2, -0.15) is 4.31 Å². The zero-order valence-electron chi connectivity index (χ0n) is 23.9. The molecule has 3 aromatic rings. The van der Waals surface area contributed by atoms with Crippen LogP contribution in [0.1, 0.15) is 73.0 Å². The number of aryl methyl sites for hydroxylation is 2. The molecule has 0 saturated carbocycles. The van der Waals surface area contributed by atoms with Gasteiger partial charge in [0.15, 0.2) is 10.8 Å². The SMILES string of the molecule is CCCCc1cc2sc(C(=O)N[C@@H](CC(C)C)C(=O)NC3CCCN(S(=O)(=O)c4ccccn4)CC3=O)c(C)c2s1. The van der Waals surface area contributed by atoms with E-state index in [1.165, 1.54) is 28.5 Å². The second kappa shape index (κ2) is 13.5. The van der Waals surface area contributed by atoms with E-state index < -0.39 is 33.8 Å². The summed E-state index contributed by atoms with van der Waals surface area (Å²) in [6.45, 7) is 7.85. The Morgan fingerprint density at radius 1 is 1.22 bits per heavy atom. The molecule has 0 aromatic carbocycles. The van der Waals surface area contributed by atoms with Gasteiger partial charge in [-0.3, -0.25) is 14.4 Å². The summed E-state index contributed by atoms with van der Waals surface area (Å²) in [5.74, 6) is -1.02. The first-order valence-electron chi connectivity index (χ1n) is 14.1. The maximum Gasteiger partial charge on any atom is 0.262 e. The quantitative estimate of drug-likeness (QED) is 0.321. The van der Waals surface area contributed by atoms with Crippen molar-refractivity contribution in [3.63, 3.8) is 0 Å². The van der Waals surface area contributed by atoms with E-state index in [9.17, 15) is 22.8 Å². The van der Waals surface area contributed by atoms with E-state index >= 15 is 0 Å². The Hall–Kier alpha value is -2.67. The average Bonchev–Trinajstić information content (AvgIpc) is 3.41. The molecule has 1 fully saturated rings. The van der Waals surface area contributed by atoms with Crippen LogP contribution in [0.3, 0.4) is 0 Å². The molecule has 0 spiro atoms. The number of aromatic nitrogens is 1. The second-order valence-electron chi connectivity index (χ2n) is 10.9. The first-order chi connectivity index (χ1) is 19.5. The Labute approximate surface area is 249 Å². The molecule has 0 aliphatic carbocycles. The molecule has 4 rings (SSSR count). The Bertz CT molecular complexity index is 1500. The number of fused-ring (bicyclic) bond motifs is 1. The number of nitrogens with one attached hydrogen (secondary N) is 2. The van der Waals surface area contributed by atoms with E-state index in [2.05, 4.69) is 28.6 Å². The van der Waals surface area contributed by atoms with Crippen LogP contribution in [0.15, 0.2) is 35.5 Å². The van der Waals surface area contributed by atoms with Crippen LogP contribution in [0.4, 0.5) is 0 Å². The van der Waals surface area contributed by atoms with Crippen LogP contribution in [0, 0.1) is 12.8 Å². The third-order valence-corrected chi connectivity index (χ3v) is 11.6. The standard InChI is InChI=1S/C29H38N4O5S3/c1-5-6-10-20-16-24-26(39-20)19(4)27(40-24)29(36)32-22(15-18(2)3)28(35)31-21-11-9-14-33(17-23(21)34)41(37,38)25-12-7-8-13-30-25/h7-8,12-13,16,18,21-22H,5-6,9-11,14-15,17H2,1-4H3,(H,31,35)(H,32,36)/t21?,22-/m0/s1. The maximum absolute atomic E-state index is 13.4. The number of hydrogen-bond donors (Lipinski definition) is 2. The average molecular weight is 619 g/mol. The maximum atomic E-state index is 13.4. The van der Waals surface area contributed by atoms with E-state index in [-0.39, 0.29) is 29.9 Å². The first kappa shape index (κ1) is 31.3. The Morgan fingerprint density at radius 2 is 2.00 bits per heavy atom. The molecule has 2 N–H and O–H groups in total. The number of carbonyl (C=O) groups excluding carboxylic acids is 3. The van der Waals surface area contributed by atoms with Crippen molar-refractivity contribution in [3.8, 4) is 0 Å². The molecule has 0 bridgehead atoms. The summed E-state index contributed by atoms with van der Waals surface area (Å²) in [5, 5.41) is 5.61. The molecule has 2 amide bonds. The fourth-order valence-corrected chi connectivity index (χ4v) is 8.86. The number of ketones is 1. The fourth-order valence-electron chi connectivity index (χ4n) is 4.92. The largest absolute Gasteiger partial charge is 0.344 e. The molecule has 1 aliphatic rings. The lowest BCUT2D eigenvalue weighted by atomic mass is 10.0. The number of Topliss-reactive ketones (excluding diaryl/α,β-unsaturated/α-hetero) is 1. The molecule has 12 heteroatoms. The van der Waals surface area contributed by atoms with Gasteiger partial charge in [0.2, 0.25) is 5.91 Å². The van der Waals surface area contributed by atoms with Crippen molar-refractivity contribution >= 4 is 59.7 Å². The zero-order valence-corrected chi connectivity index (χ0v) is 26.4. The summed E-state index contributed by atoms with van der Waals surface area (Å²) in [6.07, 6.45) is 5.80. The van der Waals surface area contributed by atoms with Gasteiger partial charge in [-0.15, -0.1) is 22.7 Å². The summed E-state index contributed by atoms with van der Waals surface area (Å²) in [7, 11) is -3.93. The van der Waals surface area contributed by atoms with E-state index in [1.807, 2.05) is 20.8 Å². The first-order valence-corrected chi connectivity index (χ1v) is 17.2. The van der Waals surface area contributed by atoms with Crippen molar-refractivity contribution in [2.45, 2.75) is 83.3 Å². The van der Waals surface area contributed by atoms with Crippen LogP contribution in [-0.4, -0.2) is 60.5 Å². The highest BCUT2D eigenvalue weighted by molar-refractivity contribution is 7.89. The van der Waals surface area contributed by atoms with Crippen LogP contribution in [-0.2, 0) is 26.0 Å². The van der Waals surface area contributed by atoms with Gasteiger partial charge in [0.1, 0.15) is 6.04 Å². The van der Waals surface area contributed by atoms with Gasteiger partial charge in [0.25, 0.3) is 15.9 Å². The van der Waals surface area contributed by atoms with Crippen molar-refractivity contribution in [3.05, 3.63) is 45.8 Å². The lowest BCUT2D eigenvalue weighted by Gasteiger charge is -2.23. The highest BCUT2D eigenvalue weighted by atomic mass is 32.2. The number of sulfonamides is 1. The number of pyridine rings is 1. The summed E-state index contributed by atoms with van der Waals surface area (Å²) < 4.78 is 29.4. The monoisotopic (exact) mass is 618 g/mol. The normalized spacial score (nSPS) is 17.5. The van der Waals surface area contributed by atoms with Crippen LogP contribution in [0.25, 0.3) is 9.40 Å². The molecule has 222 valence electrons. The van der Waals surface area contributed by atoms with E-state index in [4.69, 9.17) is 0 Å². The molecule has 1 aliphatic heterocycles. The minimum Gasteiger partial charge on any atom is -0.344 e. The summed E-state index contributed by atoms with van der Waals surface area (Å²) in [4.78, 5) is 45.7. The van der Waals surface area contributed by atoms with Crippen molar-refractivity contribution in [2.75, 3.05) is 13.1 Å². The second-order valence-corrected chi connectivity index (χ2v) is 15.0. The van der Waals surface area contributed by atoms with Gasteiger partial charge in [-0.1, -0.05) is 33.3 Å². The number of nitrogens with zero attached hydrogens (tertiary/aromatic N) is 2. The van der Waals surface area contributed by atoms with E-state index in [0.29, 0.717) is 24.1 Å². The van der Waals surface area contributed by atoms with Crippen LogP contribution in [0.5, 0.6) is 0 Å². The molecule has 41 heavy (non-hydrogen) atoms. The number of unbranched alkanes of at least 4 members (excludes halogenated alkanes) is 1. The highest BCUT2D eigenvalue weighted by Gasteiger charge is 2.35. The van der Waals surface area contributed by atoms with Gasteiger partial charge in [0.05, 0.1) is 17.5 Å². The minimum atomic E-state index is -3.93. The highest BCUT2D eigenvalue weighted by Crippen LogP contribution is 2.38. The van der Waals surface area contributed by atoms with Crippen molar-refractivity contribution < 1.29 is 22.8 Å². The minimum absolute atomic E-state index is 0.115. The zero-order chi connectivity index (χ0) is 29.7. The third-order valence-electron chi connectivity index (χ3n) is 7.13. The predicted molar refractivity (Wildman–Crippen MR) is 163 cm³/mol. The lowest BCUT2D eigenvalue weighted by Crippen LogP contribution is -2.52. The number of thiophene rings is 2. The van der Waals surface area contributed by atoms with Gasteiger partial charge < -0.3 is 10.6 Å². The van der Waals surface area contributed by atoms with Crippen molar-refractivity contribution in [1.29, 1.82) is 0 Å². The smallest absolute Gasteiger partial charge is 0.262 e. The van der Waals surface area contributed by atoms with Crippen LogP contribution in [0.2, 0.25) is 0 Å². The van der Waals surface area contributed by atoms with Gasteiger partial charge >= 0.3 is 0 Å². The fraction of sp³-hybridized carbons (Fsp3) is 0.517. The van der Waals surface area contributed by atoms with E-state index in [1.54, 1.807) is 23.5 Å². The molecular formula is C29H38N4O5S3. The van der Waals surface area contributed by atoms with Crippen molar-refractivity contribution in [1.82, 2.24) is 19.9 Å². The molecule has 1 unspecified atom stereocenters. The summed E-state index contributed by atoms with van der Waals surface area (Å²) in [6, 6.07) is 5.10. The molecule has 2 atom stereocenters. The van der Waals surface area contributed by atoms with E-state index in [0.717, 1.165) is 38.5 Å². The molecule has 1 saturated heterocycles. The van der Waals surface area contributed by atoms with Gasteiger partial charge in [-0.25, -0.2) is 13.4 Å². The molecule has 3 aromatic heterocycles. The Kier molecular flexibility index (Phi) is 10.3. The molecule has 4 heterocycles. The molecule has 0 radical (unpaired) electrons. The number of amides is 2. The Morgan fingerprint density at radius 3 is 2.66 bits per heavy atom. The number of carbonyl (C=O) groups is 3. The predicted octanol–water partition coefficient (Wildman–Crippen LogP) is 4.69. The lowest BCUT2D eigenvalue weighted by molar-refractivity contribution is -0.129. The van der Waals surface area contributed by atoms with Gasteiger partial charge in [-0.05, 0) is 68.7 Å². The van der Waals surface area contributed by atoms with Crippen LogP contribution < -0.4 is 10.6 Å².